The molecule has 0 atom stereocenters. The van der Waals surface area contributed by atoms with Crippen molar-refractivity contribution in [3.63, 3.8) is 0 Å². The number of anilines is 1. The quantitative estimate of drug-likeness (QED) is 0.910. The van der Waals surface area contributed by atoms with Crippen molar-refractivity contribution in [1.29, 1.82) is 5.26 Å². The number of nitriles is 1. The summed E-state index contributed by atoms with van der Waals surface area (Å²) in [6.07, 6.45) is 1.63. The molecule has 96 valence electrons. The van der Waals surface area contributed by atoms with Crippen LogP contribution in [0.25, 0.3) is 0 Å². The zero-order valence-electron chi connectivity index (χ0n) is 11.0. The highest BCUT2D eigenvalue weighted by Crippen LogP contribution is 2.21. The lowest BCUT2D eigenvalue weighted by Crippen LogP contribution is -2.04. The molecule has 1 aromatic carbocycles. The van der Waals surface area contributed by atoms with Crippen molar-refractivity contribution in [3.05, 3.63) is 53.3 Å². The number of nitrogens with one attached hydrogen (secondary N) is 1. The minimum absolute atomic E-state index is 0.459. The Balaban J connectivity index is 2.13. The summed E-state index contributed by atoms with van der Waals surface area (Å²) >= 11 is 0. The molecule has 2 rings (SSSR count). The van der Waals surface area contributed by atoms with Crippen LogP contribution < -0.4 is 10.1 Å². The van der Waals surface area contributed by atoms with E-state index in [0.717, 1.165) is 22.6 Å². The van der Waals surface area contributed by atoms with Crippen molar-refractivity contribution in [2.75, 3.05) is 12.4 Å². The fourth-order valence-corrected chi connectivity index (χ4v) is 1.83. The standard InChI is InChI=1S/C15H15N3O/c1-11-8-13(19-2)5-6-14(11)18-10-12-4-3-7-17-15(12)9-16/h3-8,18H,10H2,1-2H3. The SMILES string of the molecule is COc1ccc(NCc2cccnc2C#N)c(C)c1. The summed E-state index contributed by atoms with van der Waals surface area (Å²) in [5, 5.41) is 12.3. The van der Waals surface area contributed by atoms with E-state index in [4.69, 9.17) is 10.00 Å². The van der Waals surface area contributed by atoms with Crippen molar-refractivity contribution >= 4 is 5.69 Å². The van der Waals surface area contributed by atoms with Crippen LogP contribution in [0.5, 0.6) is 5.75 Å². The zero-order chi connectivity index (χ0) is 13.7. The summed E-state index contributed by atoms with van der Waals surface area (Å²) in [5.41, 5.74) is 3.47. The van der Waals surface area contributed by atoms with E-state index in [0.29, 0.717) is 12.2 Å². The van der Waals surface area contributed by atoms with Gasteiger partial charge < -0.3 is 10.1 Å². The highest BCUT2D eigenvalue weighted by molar-refractivity contribution is 5.54. The second-order valence-corrected chi connectivity index (χ2v) is 4.16. The van der Waals surface area contributed by atoms with E-state index in [9.17, 15) is 0 Å². The van der Waals surface area contributed by atoms with E-state index in [1.165, 1.54) is 0 Å². The van der Waals surface area contributed by atoms with E-state index in [1.807, 2.05) is 37.3 Å². The second-order valence-electron chi connectivity index (χ2n) is 4.16. The van der Waals surface area contributed by atoms with Gasteiger partial charge in [0.25, 0.3) is 0 Å². The van der Waals surface area contributed by atoms with Crippen LogP contribution in [0.15, 0.2) is 36.5 Å². The fourth-order valence-electron chi connectivity index (χ4n) is 1.83. The van der Waals surface area contributed by atoms with Crippen molar-refractivity contribution < 1.29 is 4.74 Å². The number of hydrogen-bond donors (Lipinski definition) is 1. The van der Waals surface area contributed by atoms with Crippen LogP contribution >= 0.6 is 0 Å². The van der Waals surface area contributed by atoms with Crippen LogP contribution in [-0.4, -0.2) is 12.1 Å². The number of aryl methyl sites for hydroxylation is 1. The molecule has 1 aromatic heterocycles. The number of nitrogens with zero attached hydrogens (tertiary/aromatic N) is 2. The molecule has 1 heterocycles. The third-order valence-electron chi connectivity index (χ3n) is 2.90. The Morgan fingerprint density at radius 2 is 2.21 bits per heavy atom. The van der Waals surface area contributed by atoms with Crippen molar-refractivity contribution in [2.45, 2.75) is 13.5 Å². The second kappa shape index (κ2) is 5.87. The van der Waals surface area contributed by atoms with Crippen molar-refractivity contribution in [1.82, 2.24) is 4.98 Å². The first-order valence-corrected chi connectivity index (χ1v) is 5.97. The van der Waals surface area contributed by atoms with Crippen LogP contribution in [0.1, 0.15) is 16.8 Å². The predicted molar refractivity (Wildman–Crippen MR) is 74.0 cm³/mol. The average molecular weight is 253 g/mol. The van der Waals surface area contributed by atoms with Crippen LogP contribution in [0.4, 0.5) is 5.69 Å². The maximum Gasteiger partial charge on any atom is 0.145 e. The van der Waals surface area contributed by atoms with Gasteiger partial charge >= 0.3 is 0 Å². The highest BCUT2D eigenvalue weighted by atomic mass is 16.5. The first kappa shape index (κ1) is 12.9. The molecule has 1 N–H and O–H groups in total. The van der Waals surface area contributed by atoms with Gasteiger partial charge in [0, 0.05) is 24.0 Å². The fraction of sp³-hybridized carbons (Fsp3) is 0.200. The molecular formula is C15H15N3O. The first-order chi connectivity index (χ1) is 9.24. The summed E-state index contributed by atoms with van der Waals surface area (Å²) in [4.78, 5) is 4.04. The van der Waals surface area contributed by atoms with Gasteiger partial charge in [-0.05, 0) is 36.8 Å². The van der Waals surface area contributed by atoms with E-state index < -0.39 is 0 Å². The zero-order valence-corrected chi connectivity index (χ0v) is 11.0. The summed E-state index contributed by atoms with van der Waals surface area (Å²) in [6.45, 7) is 2.59. The van der Waals surface area contributed by atoms with E-state index in [2.05, 4.69) is 16.4 Å². The highest BCUT2D eigenvalue weighted by Gasteiger charge is 2.04. The molecule has 19 heavy (non-hydrogen) atoms. The van der Waals surface area contributed by atoms with Gasteiger partial charge in [-0.3, -0.25) is 0 Å². The monoisotopic (exact) mass is 253 g/mol. The van der Waals surface area contributed by atoms with Crippen molar-refractivity contribution in [3.8, 4) is 11.8 Å². The first-order valence-electron chi connectivity index (χ1n) is 5.97. The number of ether oxygens (including phenoxy) is 1. The molecule has 0 unspecified atom stereocenters. The molecule has 4 heteroatoms. The summed E-state index contributed by atoms with van der Waals surface area (Å²) in [7, 11) is 1.65. The predicted octanol–water partition coefficient (Wildman–Crippen LogP) is 2.88. The van der Waals surface area contributed by atoms with E-state index in [-0.39, 0.29) is 0 Å². The summed E-state index contributed by atoms with van der Waals surface area (Å²) in [6, 6.07) is 11.7. The largest absolute Gasteiger partial charge is 0.497 e. The summed E-state index contributed by atoms with van der Waals surface area (Å²) < 4.78 is 5.17. The maximum absolute atomic E-state index is 8.98. The van der Waals surface area contributed by atoms with E-state index in [1.54, 1.807) is 13.3 Å². The molecule has 2 aromatic rings. The van der Waals surface area contributed by atoms with Gasteiger partial charge in [0.05, 0.1) is 7.11 Å². The Labute approximate surface area is 112 Å². The molecule has 0 saturated carbocycles. The molecule has 0 amide bonds. The third-order valence-corrected chi connectivity index (χ3v) is 2.90. The Kier molecular flexibility index (Phi) is 3.99. The Morgan fingerprint density at radius 3 is 2.89 bits per heavy atom. The molecule has 0 aliphatic heterocycles. The van der Waals surface area contributed by atoms with Gasteiger partial charge in [0.15, 0.2) is 0 Å². The van der Waals surface area contributed by atoms with E-state index >= 15 is 0 Å². The molecule has 0 saturated heterocycles. The number of hydrogen-bond acceptors (Lipinski definition) is 4. The molecule has 0 radical (unpaired) electrons. The number of rotatable bonds is 4. The minimum Gasteiger partial charge on any atom is -0.497 e. The number of benzene rings is 1. The van der Waals surface area contributed by atoms with Crippen LogP contribution in [0.2, 0.25) is 0 Å². The molecule has 4 nitrogen and oxygen atoms in total. The van der Waals surface area contributed by atoms with Gasteiger partial charge in [-0.2, -0.15) is 5.26 Å². The van der Waals surface area contributed by atoms with Gasteiger partial charge in [-0.25, -0.2) is 4.98 Å². The number of aromatic nitrogens is 1. The Bertz CT molecular complexity index is 617. The summed E-state index contributed by atoms with van der Waals surface area (Å²) in [5.74, 6) is 0.835. The topological polar surface area (TPSA) is 57.9 Å². The third kappa shape index (κ3) is 3.02. The average Bonchev–Trinajstić information content (AvgIpc) is 2.46. The van der Waals surface area contributed by atoms with Gasteiger partial charge in [-0.15, -0.1) is 0 Å². The molecule has 0 bridgehead atoms. The molecule has 0 aliphatic rings. The minimum atomic E-state index is 0.459. The van der Waals surface area contributed by atoms with Gasteiger partial charge in [-0.1, -0.05) is 6.07 Å². The molecular weight excluding hydrogens is 238 g/mol. The lowest BCUT2D eigenvalue weighted by Gasteiger charge is -2.11. The van der Waals surface area contributed by atoms with Crippen LogP contribution in [0, 0.1) is 18.3 Å². The lowest BCUT2D eigenvalue weighted by atomic mass is 10.1. The number of pyridine rings is 1. The van der Waals surface area contributed by atoms with Crippen LogP contribution in [-0.2, 0) is 6.54 Å². The Hall–Kier alpha value is -2.54. The van der Waals surface area contributed by atoms with Crippen molar-refractivity contribution in [2.24, 2.45) is 0 Å². The Morgan fingerprint density at radius 1 is 1.37 bits per heavy atom. The molecule has 0 spiro atoms. The smallest absolute Gasteiger partial charge is 0.145 e. The molecule has 0 fully saturated rings. The van der Waals surface area contributed by atoms with Crippen LogP contribution in [0.3, 0.4) is 0 Å². The normalized spacial score (nSPS) is 9.74. The van der Waals surface area contributed by atoms with Gasteiger partial charge in [0.1, 0.15) is 17.5 Å². The van der Waals surface area contributed by atoms with Gasteiger partial charge in [0.2, 0.25) is 0 Å². The number of methoxy groups -OCH3 is 1. The molecule has 0 aliphatic carbocycles. The lowest BCUT2D eigenvalue weighted by molar-refractivity contribution is 0.414. The maximum atomic E-state index is 8.98.